The molecule has 0 saturated carbocycles. The molecule has 3 N–H and O–H groups in total. The van der Waals surface area contributed by atoms with Crippen LogP contribution in [-0.4, -0.2) is 11.9 Å². The molecule has 0 radical (unpaired) electrons. The Hall–Kier alpha value is -1.35. The third kappa shape index (κ3) is 3.86. The molecule has 3 nitrogen and oxygen atoms in total. The second kappa shape index (κ2) is 5.82. The van der Waals surface area contributed by atoms with E-state index in [0.717, 1.165) is 5.56 Å². The third-order valence-corrected chi connectivity index (χ3v) is 3.10. The number of benzene rings is 1. The molecule has 17 heavy (non-hydrogen) atoms. The number of nitrogens with two attached hydrogens (primary N) is 1. The van der Waals surface area contributed by atoms with E-state index in [4.69, 9.17) is 5.73 Å². The van der Waals surface area contributed by atoms with Gasteiger partial charge in [0.25, 0.3) is 0 Å². The van der Waals surface area contributed by atoms with Crippen LogP contribution in [0.1, 0.15) is 37.9 Å². The quantitative estimate of drug-likeness (QED) is 0.838. The molecule has 0 heterocycles. The van der Waals surface area contributed by atoms with Gasteiger partial charge in [0.05, 0.1) is 6.04 Å². The monoisotopic (exact) mass is 234 g/mol. The van der Waals surface area contributed by atoms with Crippen molar-refractivity contribution < 1.29 is 4.79 Å². The van der Waals surface area contributed by atoms with E-state index in [1.165, 1.54) is 5.56 Å². The van der Waals surface area contributed by atoms with Crippen LogP contribution in [0.15, 0.2) is 24.3 Å². The van der Waals surface area contributed by atoms with E-state index >= 15 is 0 Å². The molecule has 1 aromatic carbocycles. The van der Waals surface area contributed by atoms with Crippen LogP contribution in [0, 0.1) is 12.8 Å². The standard InChI is InChI=1S/C14H22N2O/c1-9-6-5-7-13(8-9)12(4)16-14(17)10(2)11(3)15/h5-8,10-12H,15H2,1-4H3,(H,16,17)/t10?,11?,12-/m0/s1. The number of aryl methyl sites for hydroxylation is 1. The molecule has 94 valence electrons. The Morgan fingerprint density at radius 1 is 1.29 bits per heavy atom. The SMILES string of the molecule is Cc1cccc([C@H](C)NC(=O)C(C)C(C)N)c1. The summed E-state index contributed by atoms with van der Waals surface area (Å²) in [5.74, 6) is -0.156. The summed E-state index contributed by atoms with van der Waals surface area (Å²) in [6.07, 6.45) is 0. The molecule has 3 heteroatoms. The van der Waals surface area contributed by atoms with Crippen LogP contribution < -0.4 is 11.1 Å². The number of carbonyl (C=O) groups is 1. The van der Waals surface area contributed by atoms with Crippen molar-refractivity contribution >= 4 is 5.91 Å². The van der Waals surface area contributed by atoms with E-state index in [-0.39, 0.29) is 23.9 Å². The third-order valence-electron chi connectivity index (χ3n) is 3.10. The summed E-state index contributed by atoms with van der Waals surface area (Å²) in [5.41, 5.74) is 8.03. The van der Waals surface area contributed by atoms with E-state index in [1.807, 2.05) is 45.9 Å². The lowest BCUT2D eigenvalue weighted by Gasteiger charge is -2.20. The molecule has 1 aromatic rings. The van der Waals surface area contributed by atoms with Crippen LogP contribution in [0.25, 0.3) is 0 Å². The summed E-state index contributed by atoms with van der Waals surface area (Å²) in [6.45, 7) is 7.73. The highest BCUT2D eigenvalue weighted by Crippen LogP contribution is 2.14. The fraction of sp³-hybridized carbons (Fsp3) is 0.500. The second-order valence-corrected chi connectivity index (χ2v) is 4.79. The molecular formula is C14H22N2O. The van der Waals surface area contributed by atoms with Gasteiger partial charge in [-0.25, -0.2) is 0 Å². The molecule has 0 aliphatic carbocycles. The van der Waals surface area contributed by atoms with Crippen molar-refractivity contribution in [2.45, 2.75) is 39.8 Å². The normalized spacial score (nSPS) is 16.1. The van der Waals surface area contributed by atoms with Gasteiger partial charge in [-0.2, -0.15) is 0 Å². The lowest BCUT2D eigenvalue weighted by Crippen LogP contribution is -2.39. The minimum absolute atomic E-state index is 0.00834. The number of hydrogen-bond acceptors (Lipinski definition) is 2. The molecule has 1 rings (SSSR count). The summed E-state index contributed by atoms with van der Waals surface area (Å²) >= 11 is 0. The fourth-order valence-electron chi connectivity index (χ4n) is 1.61. The van der Waals surface area contributed by atoms with Gasteiger partial charge in [0.1, 0.15) is 0 Å². The minimum Gasteiger partial charge on any atom is -0.349 e. The summed E-state index contributed by atoms with van der Waals surface area (Å²) in [5, 5.41) is 2.99. The van der Waals surface area contributed by atoms with E-state index < -0.39 is 0 Å². The number of amides is 1. The lowest BCUT2D eigenvalue weighted by atomic mass is 10.0. The van der Waals surface area contributed by atoms with Gasteiger partial charge < -0.3 is 11.1 Å². The maximum Gasteiger partial charge on any atom is 0.224 e. The summed E-state index contributed by atoms with van der Waals surface area (Å²) in [4.78, 5) is 11.9. The molecule has 0 fully saturated rings. The Labute approximate surface area is 103 Å². The van der Waals surface area contributed by atoms with Gasteiger partial charge in [0, 0.05) is 12.0 Å². The van der Waals surface area contributed by atoms with Gasteiger partial charge in [-0.15, -0.1) is 0 Å². The highest BCUT2D eigenvalue weighted by Gasteiger charge is 2.19. The van der Waals surface area contributed by atoms with E-state index in [0.29, 0.717) is 0 Å². The Kier molecular flexibility index (Phi) is 4.70. The summed E-state index contributed by atoms with van der Waals surface area (Å²) < 4.78 is 0. The van der Waals surface area contributed by atoms with Crippen molar-refractivity contribution in [2.24, 2.45) is 11.7 Å². The Balaban J connectivity index is 2.66. The molecule has 0 bridgehead atoms. The predicted molar refractivity (Wildman–Crippen MR) is 70.6 cm³/mol. The first-order valence-electron chi connectivity index (χ1n) is 6.04. The van der Waals surface area contributed by atoms with Gasteiger partial charge in [-0.3, -0.25) is 4.79 Å². The zero-order chi connectivity index (χ0) is 13.0. The van der Waals surface area contributed by atoms with Gasteiger partial charge in [-0.1, -0.05) is 36.8 Å². The Bertz CT molecular complexity index is 388. The van der Waals surface area contributed by atoms with Crippen molar-refractivity contribution in [1.29, 1.82) is 0 Å². The number of carbonyl (C=O) groups excluding carboxylic acids is 1. The molecule has 1 amide bonds. The number of nitrogens with one attached hydrogen (secondary N) is 1. The highest BCUT2D eigenvalue weighted by molar-refractivity contribution is 5.79. The first-order chi connectivity index (χ1) is 7.91. The fourth-order valence-corrected chi connectivity index (χ4v) is 1.61. The van der Waals surface area contributed by atoms with Crippen LogP contribution in [0.2, 0.25) is 0 Å². The molecular weight excluding hydrogens is 212 g/mol. The smallest absolute Gasteiger partial charge is 0.224 e. The molecule has 0 aliphatic heterocycles. The van der Waals surface area contributed by atoms with Gasteiger partial charge in [-0.05, 0) is 26.3 Å². The van der Waals surface area contributed by atoms with Crippen molar-refractivity contribution in [3.05, 3.63) is 35.4 Å². The average molecular weight is 234 g/mol. The van der Waals surface area contributed by atoms with Crippen molar-refractivity contribution in [3.63, 3.8) is 0 Å². The summed E-state index contributed by atoms with van der Waals surface area (Å²) in [7, 11) is 0. The lowest BCUT2D eigenvalue weighted by molar-refractivity contribution is -0.125. The molecule has 0 aliphatic rings. The topological polar surface area (TPSA) is 55.1 Å². The largest absolute Gasteiger partial charge is 0.349 e. The molecule has 0 spiro atoms. The Morgan fingerprint density at radius 2 is 1.94 bits per heavy atom. The van der Waals surface area contributed by atoms with Gasteiger partial charge >= 0.3 is 0 Å². The van der Waals surface area contributed by atoms with Crippen LogP contribution in [-0.2, 0) is 4.79 Å². The van der Waals surface area contributed by atoms with Crippen molar-refractivity contribution in [2.75, 3.05) is 0 Å². The van der Waals surface area contributed by atoms with E-state index in [1.54, 1.807) is 0 Å². The molecule has 0 saturated heterocycles. The molecule has 3 atom stereocenters. The zero-order valence-corrected chi connectivity index (χ0v) is 11.0. The van der Waals surface area contributed by atoms with Crippen LogP contribution in [0.5, 0.6) is 0 Å². The first kappa shape index (κ1) is 13.7. The zero-order valence-electron chi connectivity index (χ0n) is 11.0. The molecule has 0 aromatic heterocycles. The second-order valence-electron chi connectivity index (χ2n) is 4.79. The highest BCUT2D eigenvalue weighted by atomic mass is 16.1. The van der Waals surface area contributed by atoms with E-state index in [9.17, 15) is 4.79 Å². The van der Waals surface area contributed by atoms with Gasteiger partial charge in [0.15, 0.2) is 0 Å². The predicted octanol–water partition coefficient (Wildman–Crippen LogP) is 2.16. The Morgan fingerprint density at radius 3 is 2.47 bits per heavy atom. The van der Waals surface area contributed by atoms with Crippen LogP contribution >= 0.6 is 0 Å². The van der Waals surface area contributed by atoms with E-state index in [2.05, 4.69) is 11.4 Å². The molecule has 2 unspecified atom stereocenters. The van der Waals surface area contributed by atoms with Crippen molar-refractivity contribution in [1.82, 2.24) is 5.32 Å². The van der Waals surface area contributed by atoms with Crippen molar-refractivity contribution in [3.8, 4) is 0 Å². The average Bonchev–Trinajstić information content (AvgIpc) is 2.27. The van der Waals surface area contributed by atoms with Crippen LogP contribution in [0.4, 0.5) is 0 Å². The van der Waals surface area contributed by atoms with Crippen LogP contribution in [0.3, 0.4) is 0 Å². The maximum atomic E-state index is 11.9. The maximum absolute atomic E-state index is 11.9. The minimum atomic E-state index is -0.165. The summed E-state index contributed by atoms with van der Waals surface area (Å²) in [6, 6.07) is 8.05. The van der Waals surface area contributed by atoms with Gasteiger partial charge in [0.2, 0.25) is 5.91 Å². The number of rotatable bonds is 4. The first-order valence-corrected chi connectivity index (χ1v) is 6.04. The number of hydrogen-bond donors (Lipinski definition) is 2.